The van der Waals surface area contributed by atoms with Gasteiger partial charge in [-0.15, -0.1) is 12.4 Å². The van der Waals surface area contributed by atoms with Crippen LogP contribution < -0.4 is 5.73 Å². The summed E-state index contributed by atoms with van der Waals surface area (Å²) in [6.07, 6.45) is 5.04. The third-order valence-electron chi connectivity index (χ3n) is 2.01. The van der Waals surface area contributed by atoms with Crippen molar-refractivity contribution in [1.29, 1.82) is 0 Å². The van der Waals surface area contributed by atoms with Gasteiger partial charge < -0.3 is 15.2 Å². The number of nitrogens with two attached hydrogens (primary N) is 1. The van der Waals surface area contributed by atoms with Crippen LogP contribution in [-0.2, 0) is 14.3 Å². The summed E-state index contributed by atoms with van der Waals surface area (Å²) in [5.74, 6) is -0.777. The first kappa shape index (κ1) is 17.7. The van der Waals surface area contributed by atoms with Crippen LogP contribution in [0.2, 0.25) is 0 Å². The maximum absolute atomic E-state index is 11.1. The first-order valence-corrected chi connectivity index (χ1v) is 5.70. The van der Waals surface area contributed by atoms with Crippen LogP contribution in [0, 0.1) is 0 Å². The number of hydrogen-bond acceptors (Lipinski definition) is 5. The van der Waals surface area contributed by atoms with E-state index in [4.69, 9.17) is 5.73 Å². The number of rotatable bonds is 4. The molecule has 5 nitrogen and oxygen atoms in total. The normalized spacial score (nSPS) is 10.2. The molecule has 1 rings (SSSR count). The Balaban J connectivity index is 0.00000361. The molecular formula is C14H16ClNO4. The monoisotopic (exact) mass is 297 g/mol. The van der Waals surface area contributed by atoms with Crippen molar-refractivity contribution in [3.05, 3.63) is 48.1 Å². The summed E-state index contributed by atoms with van der Waals surface area (Å²) in [6.45, 7) is 1.78. The van der Waals surface area contributed by atoms with E-state index in [-0.39, 0.29) is 19.0 Å². The molecule has 0 atom stereocenters. The van der Waals surface area contributed by atoms with Crippen LogP contribution in [0.25, 0.3) is 6.08 Å². The summed E-state index contributed by atoms with van der Waals surface area (Å²) in [5.41, 5.74) is 7.18. The predicted molar refractivity (Wildman–Crippen MR) is 79.4 cm³/mol. The van der Waals surface area contributed by atoms with Crippen LogP contribution in [-0.4, -0.2) is 18.7 Å². The van der Waals surface area contributed by atoms with Gasteiger partial charge in [-0.1, -0.05) is 30.4 Å². The number of carbonyl (C=O) groups is 2. The lowest BCUT2D eigenvalue weighted by Gasteiger charge is -1.98. The van der Waals surface area contributed by atoms with Crippen LogP contribution in [0.15, 0.2) is 42.5 Å². The van der Waals surface area contributed by atoms with E-state index in [1.807, 2.05) is 12.1 Å². The second kappa shape index (κ2) is 9.63. The van der Waals surface area contributed by atoms with Crippen molar-refractivity contribution in [1.82, 2.24) is 0 Å². The van der Waals surface area contributed by atoms with Gasteiger partial charge in [0.05, 0.1) is 6.61 Å². The molecular weight excluding hydrogens is 282 g/mol. The van der Waals surface area contributed by atoms with Gasteiger partial charge in [-0.3, -0.25) is 0 Å². The molecule has 0 unspecified atom stereocenters. The van der Waals surface area contributed by atoms with Gasteiger partial charge in [-0.2, -0.15) is 0 Å². The molecule has 0 heterocycles. The molecule has 0 aliphatic rings. The fourth-order valence-corrected chi connectivity index (χ4v) is 1.17. The second-order valence-electron chi connectivity index (χ2n) is 3.49. The number of anilines is 1. The van der Waals surface area contributed by atoms with Gasteiger partial charge in [0.25, 0.3) is 0 Å². The molecule has 0 saturated carbocycles. The van der Waals surface area contributed by atoms with E-state index in [9.17, 15) is 9.59 Å². The Kier molecular flexibility index (Phi) is 8.54. The number of allylic oxidation sites excluding steroid dienone is 2. The highest BCUT2D eigenvalue weighted by molar-refractivity contribution is 5.90. The van der Waals surface area contributed by atoms with Gasteiger partial charge >= 0.3 is 12.1 Å². The Hall–Kier alpha value is -2.27. The van der Waals surface area contributed by atoms with Crippen LogP contribution in [0.4, 0.5) is 10.5 Å². The highest BCUT2D eigenvalue weighted by atomic mass is 35.5. The second-order valence-corrected chi connectivity index (χ2v) is 3.49. The standard InChI is InChI=1S/C14H15NO4.ClH/c1-2-18-14(17)19-13(16)6-4-3-5-11-7-9-12(15)10-8-11;/h3-10H,2,15H2,1H3;1H. The smallest absolute Gasteiger partial charge is 0.434 e. The van der Waals surface area contributed by atoms with Crippen LogP contribution in [0.3, 0.4) is 0 Å². The molecule has 2 N–H and O–H groups in total. The lowest BCUT2D eigenvalue weighted by atomic mass is 10.2. The van der Waals surface area contributed by atoms with Gasteiger partial charge in [0.2, 0.25) is 0 Å². The molecule has 6 heteroatoms. The minimum atomic E-state index is -1.00. The van der Waals surface area contributed by atoms with E-state index < -0.39 is 12.1 Å². The zero-order chi connectivity index (χ0) is 14.1. The lowest BCUT2D eigenvalue weighted by molar-refractivity contribution is -0.134. The lowest BCUT2D eigenvalue weighted by Crippen LogP contribution is -2.11. The minimum absolute atomic E-state index is 0. The third-order valence-corrected chi connectivity index (χ3v) is 2.01. The first-order valence-electron chi connectivity index (χ1n) is 5.70. The van der Waals surface area contributed by atoms with Crippen molar-refractivity contribution < 1.29 is 19.1 Å². The molecule has 0 aliphatic carbocycles. The van der Waals surface area contributed by atoms with Gasteiger partial charge in [0.1, 0.15) is 0 Å². The van der Waals surface area contributed by atoms with E-state index in [1.165, 1.54) is 6.08 Å². The topological polar surface area (TPSA) is 78.6 Å². The van der Waals surface area contributed by atoms with E-state index >= 15 is 0 Å². The van der Waals surface area contributed by atoms with Gasteiger partial charge in [-0.25, -0.2) is 9.59 Å². The summed E-state index contributed by atoms with van der Waals surface area (Å²) >= 11 is 0. The Labute approximate surface area is 123 Å². The third kappa shape index (κ3) is 7.23. The zero-order valence-electron chi connectivity index (χ0n) is 10.9. The number of hydrogen-bond donors (Lipinski definition) is 1. The zero-order valence-corrected chi connectivity index (χ0v) is 11.8. The molecule has 0 aromatic heterocycles. The number of ether oxygens (including phenoxy) is 2. The predicted octanol–water partition coefficient (Wildman–Crippen LogP) is 2.96. The molecule has 20 heavy (non-hydrogen) atoms. The van der Waals surface area contributed by atoms with Gasteiger partial charge in [-0.05, 0) is 24.6 Å². The molecule has 0 radical (unpaired) electrons. The van der Waals surface area contributed by atoms with E-state index in [0.29, 0.717) is 5.69 Å². The number of halogens is 1. The summed E-state index contributed by atoms with van der Waals surface area (Å²) in [7, 11) is 0. The largest absolute Gasteiger partial charge is 0.516 e. The van der Waals surface area contributed by atoms with Gasteiger partial charge in [0, 0.05) is 11.8 Å². The van der Waals surface area contributed by atoms with Crippen LogP contribution in [0.1, 0.15) is 12.5 Å². The van der Waals surface area contributed by atoms with Crippen LogP contribution in [0.5, 0.6) is 0 Å². The average Bonchev–Trinajstić information content (AvgIpc) is 2.37. The summed E-state index contributed by atoms with van der Waals surface area (Å²) in [4.78, 5) is 21.9. The molecule has 0 aliphatic heterocycles. The summed E-state index contributed by atoms with van der Waals surface area (Å²) in [6, 6.07) is 7.24. The van der Waals surface area contributed by atoms with Crippen molar-refractivity contribution in [2.75, 3.05) is 12.3 Å². The summed E-state index contributed by atoms with van der Waals surface area (Å²) in [5, 5.41) is 0. The van der Waals surface area contributed by atoms with Crippen molar-refractivity contribution in [3.8, 4) is 0 Å². The van der Waals surface area contributed by atoms with Crippen molar-refractivity contribution in [2.24, 2.45) is 0 Å². The number of nitrogen functional groups attached to an aromatic ring is 1. The Morgan fingerprint density at radius 3 is 2.45 bits per heavy atom. The highest BCUT2D eigenvalue weighted by Gasteiger charge is 2.06. The van der Waals surface area contributed by atoms with E-state index in [2.05, 4.69) is 9.47 Å². The molecule has 0 spiro atoms. The van der Waals surface area contributed by atoms with Crippen molar-refractivity contribution in [3.63, 3.8) is 0 Å². The maximum atomic E-state index is 11.1. The summed E-state index contributed by atoms with van der Waals surface area (Å²) < 4.78 is 8.78. The number of carbonyl (C=O) groups excluding carboxylic acids is 2. The highest BCUT2D eigenvalue weighted by Crippen LogP contribution is 2.06. The van der Waals surface area contributed by atoms with Crippen molar-refractivity contribution in [2.45, 2.75) is 6.92 Å². The Bertz CT molecular complexity index is 494. The minimum Gasteiger partial charge on any atom is -0.434 e. The molecule has 0 bridgehead atoms. The fourth-order valence-electron chi connectivity index (χ4n) is 1.17. The molecule has 1 aromatic carbocycles. The number of benzene rings is 1. The SMILES string of the molecule is CCOC(=O)OC(=O)C=CC=Cc1ccc(N)cc1.Cl. The van der Waals surface area contributed by atoms with Crippen molar-refractivity contribution >= 4 is 36.3 Å². The first-order chi connectivity index (χ1) is 9.11. The maximum Gasteiger partial charge on any atom is 0.516 e. The molecule has 1 aromatic rings. The van der Waals surface area contributed by atoms with E-state index in [1.54, 1.807) is 31.2 Å². The van der Waals surface area contributed by atoms with E-state index in [0.717, 1.165) is 11.6 Å². The molecule has 0 fully saturated rings. The molecule has 108 valence electrons. The quantitative estimate of drug-likeness (QED) is 0.304. The Morgan fingerprint density at radius 2 is 1.85 bits per heavy atom. The average molecular weight is 298 g/mol. The number of esters is 1. The van der Waals surface area contributed by atoms with Crippen LogP contribution >= 0.6 is 12.4 Å². The fraction of sp³-hybridized carbons (Fsp3) is 0.143. The Morgan fingerprint density at radius 1 is 1.20 bits per heavy atom. The molecule has 0 saturated heterocycles. The molecule has 0 amide bonds. The van der Waals surface area contributed by atoms with Gasteiger partial charge in [0.15, 0.2) is 0 Å².